The van der Waals surface area contributed by atoms with Crippen LogP contribution in [0.4, 0.5) is 5.69 Å². The van der Waals surface area contributed by atoms with Gasteiger partial charge < -0.3 is 9.64 Å². The molecule has 8 heteroatoms. The molecule has 0 radical (unpaired) electrons. The van der Waals surface area contributed by atoms with Crippen LogP contribution in [-0.4, -0.2) is 51.7 Å². The van der Waals surface area contributed by atoms with Crippen LogP contribution in [0.5, 0.6) is 5.75 Å². The van der Waals surface area contributed by atoms with E-state index in [0.717, 1.165) is 23.4 Å². The molecule has 1 heterocycles. The Morgan fingerprint density at radius 1 is 1.36 bits per heavy atom. The molecule has 1 fully saturated rings. The molecule has 6 nitrogen and oxygen atoms in total. The molecule has 1 aliphatic rings. The molecule has 0 aliphatic carbocycles. The predicted octanol–water partition coefficient (Wildman–Crippen LogP) is 2.76. The maximum absolute atomic E-state index is 12.8. The molecule has 1 aromatic rings. The summed E-state index contributed by atoms with van der Waals surface area (Å²) in [5.74, 6) is 0.845. The van der Waals surface area contributed by atoms with Crippen molar-refractivity contribution in [2.24, 2.45) is 5.92 Å². The van der Waals surface area contributed by atoms with Crippen molar-refractivity contribution in [1.29, 1.82) is 0 Å². The molecule has 0 saturated carbocycles. The molecule has 140 valence electrons. The molecule has 1 aliphatic heterocycles. The Labute approximate surface area is 154 Å². The fraction of sp³-hybridized carbons (Fsp3) is 0.588. The molecule has 0 spiro atoms. The minimum Gasteiger partial charge on any atom is -0.495 e. The lowest BCUT2D eigenvalue weighted by Gasteiger charge is -2.36. The Kier molecular flexibility index (Phi) is 6.21. The highest BCUT2D eigenvalue weighted by molar-refractivity contribution is 7.92. The Hall–Kier alpha value is -1.47. The highest BCUT2D eigenvalue weighted by Crippen LogP contribution is 2.31. The van der Waals surface area contributed by atoms with Crippen molar-refractivity contribution >= 4 is 33.2 Å². The maximum atomic E-state index is 12.8. The van der Waals surface area contributed by atoms with Gasteiger partial charge in [-0.2, -0.15) is 0 Å². The zero-order valence-electron chi connectivity index (χ0n) is 15.0. The Bertz CT molecular complexity index is 730. The maximum Gasteiger partial charge on any atom is 0.246 e. The van der Waals surface area contributed by atoms with Crippen LogP contribution in [0.2, 0.25) is 5.02 Å². The van der Waals surface area contributed by atoms with E-state index in [2.05, 4.69) is 6.92 Å². The van der Waals surface area contributed by atoms with Crippen LogP contribution in [0.1, 0.15) is 26.7 Å². The lowest BCUT2D eigenvalue weighted by atomic mass is 9.99. The topological polar surface area (TPSA) is 66.9 Å². The number of halogens is 1. The number of benzene rings is 1. The second-order valence-electron chi connectivity index (χ2n) is 6.56. The number of ether oxygens (including phenoxy) is 1. The molecule has 1 aromatic carbocycles. The van der Waals surface area contributed by atoms with E-state index in [0.29, 0.717) is 35.5 Å². The van der Waals surface area contributed by atoms with E-state index in [9.17, 15) is 13.2 Å². The first kappa shape index (κ1) is 19.8. The molecule has 2 rings (SSSR count). The Morgan fingerprint density at radius 2 is 1.96 bits per heavy atom. The van der Waals surface area contributed by atoms with Gasteiger partial charge in [0, 0.05) is 13.1 Å². The van der Waals surface area contributed by atoms with E-state index in [1.165, 1.54) is 13.2 Å². The van der Waals surface area contributed by atoms with Crippen LogP contribution in [0.15, 0.2) is 18.2 Å². The van der Waals surface area contributed by atoms with E-state index in [1.807, 2.05) is 0 Å². The van der Waals surface area contributed by atoms with Gasteiger partial charge in [-0.1, -0.05) is 18.5 Å². The molecule has 25 heavy (non-hydrogen) atoms. The second-order valence-corrected chi connectivity index (χ2v) is 8.83. The number of carbonyl (C=O) groups excluding carboxylic acids is 1. The number of hydrogen-bond donors (Lipinski definition) is 0. The van der Waals surface area contributed by atoms with Gasteiger partial charge >= 0.3 is 0 Å². The van der Waals surface area contributed by atoms with E-state index in [-0.39, 0.29) is 5.91 Å². The molecular weight excluding hydrogens is 364 g/mol. The third-order valence-corrected chi connectivity index (χ3v) is 6.09. The smallest absolute Gasteiger partial charge is 0.246 e. The number of carbonyl (C=O) groups is 1. The van der Waals surface area contributed by atoms with Crippen molar-refractivity contribution < 1.29 is 17.9 Å². The number of likely N-dealkylation sites (tertiary alicyclic amines) is 1. The highest BCUT2D eigenvalue weighted by atomic mass is 35.5. The number of nitrogens with zero attached hydrogens (tertiary/aromatic N) is 2. The number of sulfonamides is 1. The summed E-state index contributed by atoms with van der Waals surface area (Å²) >= 11 is 6.13. The molecule has 1 saturated heterocycles. The number of rotatable bonds is 5. The predicted molar refractivity (Wildman–Crippen MR) is 99.8 cm³/mol. The summed E-state index contributed by atoms with van der Waals surface area (Å²) in [5, 5.41) is 0.292. The third kappa shape index (κ3) is 4.58. The zero-order chi connectivity index (χ0) is 18.8. The fourth-order valence-corrected chi connectivity index (χ4v) is 4.50. The SMILES string of the molecule is COc1ccc(N(C(C)C(=O)N2CCC(C)CC2)S(C)(=O)=O)cc1Cl. The zero-order valence-corrected chi connectivity index (χ0v) is 16.6. The molecule has 1 unspecified atom stereocenters. The van der Waals surface area contributed by atoms with Crippen molar-refractivity contribution in [2.45, 2.75) is 32.7 Å². The van der Waals surface area contributed by atoms with Gasteiger partial charge in [0.15, 0.2) is 0 Å². The first-order valence-electron chi connectivity index (χ1n) is 8.27. The van der Waals surface area contributed by atoms with Crippen LogP contribution in [0.25, 0.3) is 0 Å². The fourth-order valence-electron chi connectivity index (χ4n) is 3.09. The lowest BCUT2D eigenvalue weighted by molar-refractivity contribution is -0.133. The Morgan fingerprint density at radius 3 is 2.44 bits per heavy atom. The standard InChI is InChI=1S/C17H25ClN2O4S/c1-12-7-9-19(10-8-12)17(21)13(2)20(25(4,22)23)14-5-6-16(24-3)15(18)11-14/h5-6,11-13H,7-10H2,1-4H3. The highest BCUT2D eigenvalue weighted by Gasteiger charge is 2.33. The summed E-state index contributed by atoms with van der Waals surface area (Å²) in [5.41, 5.74) is 0.347. The number of amides is 1. The molecule has 0 bridgehead atoms. The Balaban J connectivity index is 2.31. The second kappa shape index (κ2) is 7.83. The number of piperidine rings is 1. The van der Waals surface area contributed by atoms with E-state index in [1.54, 1.807) is 24.0 Å². The minimum atomic E-state index is -3.66. The first-order chi connectivity index (χ1) is 11.6. The summed E-state index contributed by atoms with van der Waals surface area (Å²) < 4.78 is 30.9. The third-order valence-electron chi connectivity index (χ3n) is 4.55. The summed E-state index contributed by atoms with van der Waals surface area (Å²) in [7, 11) is -2.18. The quantitative estimate of drug-likeness (QED) is 0.777. The van der Waals surface area contributed by atoms with Crippen molar-refractivity contribution in [1.82, 2.24) is 4.90 Å². The first-order valence-corrected chi connectivity index (χ1v) is 10.5. The minimum absolute atomic E-state index is 0.190. The van der Waals surface area contributed by atoms with Crippen LogP contribution < -0.4 is 9.04 Å². The molecule has 1 amide bonds. The van der Waals surface area contributed by atoms with Gasteiger partial charge in [0.05, 0.1) is 24.1 Å². The van der Waals surface area contributed by atoms with E-state index < -0.39 is 16.1 Å². The average molecular weight is 389 g/mol. The molecule has 0 aromatic heterocycles. The van der Waals surface area contributed by atoms with Crippen molar-refractivity contribution in [3.05, 3.63) is 23.2 Å². The van der Waals surface area contributed by atoms with Gasteiger partial charge in [-0.25, -0.2) is 8.42 Å². The van der Waals surface area contributed by atoms with Crippen molar-refractivity contribution in [3.8, 4) is 5.75 Å². The largest absolute Gasteiger partial charge is 0.495 e. The monoisotopic (exact) mass is 388 g/mol. The summed E-state index contributed by atoms with van der Waals surface area (Å²) in [6.45, 7) is 5.09. The van der Waals surface area contributed by atoms with Crippen LogP contribution in [-0.2, 0) is 14.8 Å². The number of hydrogen-bond acceptors (Lipinski definition) is 4. The van der Waals surface area contributed by atoms with Gasteiger partial charge in [-0.3, -0.25) is 9.10 Å². The van der Waals surface area contributed by atoms with Gasteiger partial charge in [0.1, 0.15) is 11.8 Å². The van der Waals surface area contributed by atoms with Crippen molar-refractivity contribution in [2.75, 3.05) is 30.8 Å². The van der Waals surface area contributed by atoms with E-state index >= 15 is 0 Å². The average Bonchev–Trinajstić information content (AvgIpc) is 2.54. The summed E-state index contributed by atoms with van der Waals surface area (Å²) in [6.07, 6.45) is 2.96. The van der Waals surface area contributed by atoms with Gasteiger partial charge in [0.2, 0.25) is 15.9 Å². The summed E-state index contributed by atoms with van der Waals surface area (Å²) in [4.78, 5) is 14.6. The number of anilines is 1. The number of methoxy groups -OCH3 is 1. The molecule has 0 N–H and O–H groups in total. The summed E-state index contributed by atoms with van der Waals surface area (Å²) in [6, 6.07) is 3.85. The molecular formula is C17H25ClN2O4S. The van der Waals surface area contributed by atoms with Crippen LogP contribution in [0, 0.1) is 5.92 Å². The van der Waals surface area contributed by atoms with Crippen LogP contribution >= 0.6 is 11.6 Å². The van der Waals surface area contributed by atoms with Gasteiger partial charge in [-0.05, 0) is 43.9 Å². The molecule has 1 atom stereocenters. The lowest BCUT2D eigenvalue weighted by Crippen LogP contribution is -2.51. The van der Waals surface area contributed by atoms with Crippen molar-refractivity contribution in [3.63, 3.8) is 0 Å². The van der Waals surface area contributed by atoms with Gasteiger partial charge in [0.25, 0.3) is 0 Å². The van der Waals surface area contributed by atoms with E-state index in [4.69, 9.17) is 16.3 Å². The normalized spacial score (nSPS) is 17.2. The van der Waals surface area contributed by atoms with Crippen LogP contribution in [0.3, 0.4) is 0 Å². The van der Waals surface area contributed by atoms with Gasteiger partial charge in [-0.15, -0.1) is 0 Å².